The molecule has 0 aliphatic heterocycles. The van der Waals surface area contributed by atoms with Crippen LogP contribution < -0.4 is 15.7 Å². The Bertz CT molecular complexity index is 1150. The van der Waals surface area contributed by atoms with Gasteiger partial charge in [-0.1, -0.05) is 6.07 Å². The van der Waals surface area contributed by atoms with E-state index in [1.807, 2.05) is 0 Å². The molecule has 0 aliphatic rings. The molecule has 0 atom stereocenters. The van der Waals surface area contributed by atoms with E-state index in [0.29, 0.717) is 22.8 Å². The van der Waals surface area contributed by atoms with Gasteiger partial charge in [0.15, 0.2) is 5.65 Å². The molecule has 0 saturated heterocycles. The number of benzene rings is 1. The predicted octanol–water partition coefficient (Wildman–Crippen LogP) is 2.71. The fourth-order valence-electron chi connectivity index (χ4n) is 2.69. The van der Waals surface area contributed by atoms with Crippen LogP contribution in [0.4, 0.5) is 5.69 Å². The van der Waals surface area contributed by atoms with Crippen LogP contribution >= 0.6 is 0 Å². The first kappa shape index (κ1) is 17.5. The minimum Gasteiger partial charge on any atom is -0.457 e. The third kappa shape index (κ3) is 3.90. The highest BCUT2D eigenvalue weighted by molar-refractivity contribution is 5.90. The van der Waals surface area contributed by atoms with Gasteiger partial charge in [0.2, 0.25) is 5.91 Å². The average molecular weight is 375 g/mol. The van der Waals surface area contributed by atoms with Crippen molar-refractivity contribution in [2.75, 3.05) is 5.32 Å². The van der Waals surface area contributed by atoms with Gasteiger partial charge >= 0.3 is 5.69 Å². The second-order valence-corrected chi connectivity index (χ2v) is 6.04. The van der Waals surface area contributed by atoms with E-state index in [1.165, 1.54) is 9.08 Å². The standard InChI is InChI=1S/C20H17N5O3/c26-19(10-14-25-20(27)24-13-2-1-3-18(24)23-25)22-15-4-6-16(7-5-15)28-17-8-11-21-12-9-17/h1-9,11-13H,10,14H2,(H,22,26). The Balaban J connectivity index is 1.34. The number of hydrogen-bond acceptors (Lipinski definition) is 5. The Labute approximate surface area is 160 Å². The molecule has 3 heterocycles. The maximum absolute atomic E-state index is 12.2. The summed E-state index contributed by atoms with van der Waals surface area (Å²) >= 11 is 0. The van der Waals surface area contributed by atoms with Gasteiger partial charge in [0.1, 0.15) is 11.5 Å². The summed E-state index contributed by atoms with van der Waals surface area (Å²) in [5.74, 6) is 1.14. The maximum Gasteiger partial charge on any atom is 0.350 e. The maximum atomic E-state index is 12.2. The zero-order valence-electron chi connectivity index (χ0n) is 14.9. The molecule has 0 aliphatic carbocycles. The number of nitrogens with zero attached hydrogens (tertiary/aromatic N) is 4. The fraction of sp³-hybridized carbons (Fsp3) is 0.100. The van der Waals surface area contributed by atoms with Crippen LogP contribution in [0.2, 0.25) is 0 Å². The summed E-state index contributed by atoms with van der Waals surface area (Å²) in [4.78, 5) is 28.3. The van der Waals surface area contributed by atoms with Crippen LogP contribution in [-0.2, 0) is 11.3 Å². The number of hydrogen-bond donors (Lipinski definition) is 1. The Morgan fingerprint density at radius 3 is 2.50 bits per heavy atom. The van der Waals surface area contributed by atoms with Crippen molar-refractivity contribution in [3.05, 3.63) is 83.7 Å². The molecule has 4 rings (SSSR count). The molecule has 3 aromatic heterocycles. The van der Waals surface area contributed by atoms with E-state index in [1.54, 1.807) is 73.2 Å². The second kappa shape index (κ2) is 7.75. The Morgan fingerprint density at radius 1 is 1.00 bits per heavy atom. The molecule has 0 bridgehead atoms. The van der Waals surface area contributed by atoms with Gasteiger partial charge in [-0.05, 0) is 48.5 Å². The van der Waals surface area contributed by atoms with Crippen molar-refractivity contribution in [1.29, 1.82) is 0 Å². The van der Waals surface area contributed by atoms with E-state index in [2.05, 4.69) is 15.4 Å². The van der Waals surface area contributed by atoms with Crippen LogP contribution in [0.25, 0.3) is 5.65 Å². The lowest BCUT2D eigenvalue weighted by Crippen LogP contribution is -2.24. The lowest BCUT2D eigenvalue weighted by Gasteiger charge is -2.08. The highest BCUT2D eigenvalue weighted by atomic mass is 16.5. The number of ether oxygens (including phenoxy) is 1. The summed E-state index contributed by atoms with van der Waals surface area (Å²) in [6.07, 6.45) is 5.09. The molecule has 0 spiro atoms. The zero-order chi connectivity index (χ0) is 19.3. The summed E-state index contributed by atoms with van der Waals surface area (Å²) < 4.78 is 8.42. The van der Waals surface area contributed by atoms with Gasteiger partial charge in [-0.25, -0.2) is 9.48 Å². The van der Waals surface area contributed by atoms with Crippen molar-refractivity contribution >= 4 is 17.2 Å². The molecule has 1 amide bonds. The van der Waals surface area contributed by atoms with Crippen molar-refractivity contribution in [2.45, 2.75) is 13.0 Å². The molecule has 140 valence electrons. The molecule has 0 radical (unpaired) electrons. The topological polar surface area (TPSA) is 90.5 Å². The minimum atomic E-state index is -0.263. The highest BCUT2D eigenvalue weighted by Crippen LogP contribution is 2.22. The van der Waals surface area contributed by atoms with Gasteiger partial charge in [-0.15, -0.1) is 5.10 Å². The molecule has 8 nitrogen and oxygen atoms in total. The molecular formula is C20H17N5O3. The first-order valence-corrected chi connectivity index (χ1v) is 8.71. The summed E-state index contributed by atoms with van der Waals surface area (Å²) in [5.41, 5.74) is 0.938. The molecular weight excluding hydrogens is 358 g/mol. The zero-order valence-corrected chi connectivity index (χ0v) is 14.9. The van der Waals surface area contributed by atoms with Crippen LogP contribution in [0.5, 0.6) is 11.5 Å². The van der Waals surface area contributed by atoms with Gasteiger partial charge in [-0.2, -0.15) is 0 Å². The van der Waals surface area contributed by atoms with Crippen LogP contribution in [0.1, 0.15) is 6.42 Å². The van der Waals surface area contributed by atoms with Gasteiger partial charge in [0, 0.05) is 30.7 Å². The molecule has 0 unspecified atom stereocenters. The highest BCUT2D eigenvalue weighted by Gasteiger charge is 2.09. The molecule has 1 N–H and O–H groups in total. The Morgan fingerprint density at radius 2 is 1.75 bits per heavy atom. The minimum absolute atomic E-state index is 0.138. The second-order valence-electron chi connectivity index (χ2n) is 6.04. The number of aryl methyl sites for hydroxylation is 1. The van der Waals surface area contributed by atoms with Crippen molar-refractivity contribution in [1.82, 2.24) is 19.2 Å². The molecule has 8 heteroatoms. The first-order chi connectivity index (χ1) is 13.7. The van der Waals surface area contributed by atoms with E-state index in [4.69, 9.17) is 4.74 Å². The number of rotatable bonds is 6. The first-order valence-electron chi connectivity index (χ1n) is 8.71. The normalized spacial score (nSPS) is 10.7. The lowest BCUT2D eigenvalue weighted by molar-refractivity contribution is -0.116. The van der Waals surface area contributed by atoms with Gasteiger partial charge in [0.25, 0.3) is 0 Å². The van der Waals surface area contributed by atoms with Crippen LogP contribution in [-0.4, -0.2) is 25.1 Å². The van der Waals surface area contributed by atoms with Crippen LogP contribution in [0, 0.1) is 0 Å². The summed E-state index contributed by atoms with van der Waals surface area (Å²) in [5, 5.41) is 7.01. The largest absolute Gasteiger partial charge is 0.457 e. The monoisotopic (exact) mass is 375 g/mol. The van der Waals surface area contributed by atoms with Crippen LogP contribution in [0.15, 0.2) is 78.0 Å². The van der Waals surface area contributed by atoms with Gasteiger partial charge in [-0.3, -0.25) is 14.2 Å². The SMILES string of the molecule is O=C(CCn1nc2ccccn2c1=O)Nc1ccc(Oc2ccncc2)cc1. The quantitative estimate of drug-likeness (QED) is 0.560. The Hall–Kier alpha value is -3.94. The van der Waals surface area contributed by atoms with Crippen LogP contribution in [0.3, 0.4) is 0 Å². The third-order valence-electron chi connectivity index (χ3n) is 4.06. The van der Waals surface area contributed by atoms with Gasteiger partial charge < -0.3 is 10.1 Å². The molecule has 1 aromatic carbocycles. The molecule has 0 fully saturated rings. The van der Waals surface area contributed by atoms with E-state index in [-0.39, 0.29) is 24.6 Å². The number of nitrogens with one attached hydrogen (secondary N) is 1. The van der Waals surface area contributed by atoms with Crippen molar-refractivity contribution in [2.24, 2.45) is 0 Å². The van der Waals surface area contributed by atoms with E-state index < -0.39 is 0 Å². The number of carbonyl (C=O) groups excluding carboxylic acids is 1. The Kier molecular flexibility index (Phi) is 4.83. The lowest BCUT2D eigenvalue weighted by atomic mass is 10.3. The fourth-order valence-corrected chi connectivity index (χ4v) is 2.69. The smallest absolute Gasteiger partial charge is 0.350 e. The van der Waals surface area contributed by atoms with E-state index in [0.717, 1.165) is 0 Å². The van der Waals surface area contributed by atoms with Crippen molar-refractivity contribution < 1.29 is 9.53 Å². The number of aromatic nitrogens is 4. The molecule has 0 saturated carbocycles. The van der Waals surface area contributed by atoms with Crippen molar-refractivity contribution in [3.8, 4) is 11.5 Å². The number of anilines is 1. The summed E-state index contributed by atoms with van der Waals surface area (Å²) in [6, 6.07) is 15.9. The number of amides is 1. The summed E-state index contributed by atoms with van der Waals surface area (Å²) in [6.45, 7) is 0.204. The molecule has 28 heavy (non-hydrogen) atoms. The molecule has 4 aromatic rings. The predicted molar refractivity (Wildman–Crippen MR) is 103 cm³/mol. The summed E-state index contributed by atoms with van der Waals surface area (Å²) in [7, 11) is 0. The van der Waals surface area contributed by atoms with Crippen molar-refractivity contribution in [3.63, 3.8) is 0 Å². The average Bonchev–Trinajstić information content (AvgIpc) is 3.05. The number of carbonyl (C=O) groups is 1. The van der Waals surface area contributed by atoms with E-state index in [9.17, 15) is 9.59 Å². The van der Waals surface area contributed by atoms with E-state index >= 15 is 0 Å². The number of fused-ring (bicyclic) bond motifs is 1. The van der Waals surface area contributed by atoms with Gasteiger partial charge in [0.05, 0.1) is 6.54 Å². The third-order valence-corrected chi connectivity index (χ3v) is 4.06. The number of pyridine rings is 2.